The third kappa shape index (κ3) is 2.25. The zero-order valence-corrected chi connectivity index (χ0v) is 11.0. The second-order valence-corrected chi connectivity index (χ2v) is 6.26. The number of carbonyl (C=O) groups excluding carboxylic acids is 1. The highest BCUT2D eigenvalue weighted by Gasteiger charge is 2.24. The molecule has 0 radical (unpaired) electrons. The van der Waals surface area contributed by atoms with Gasteiger partial charge in [-0.15, -0.1) is 11.3 Å². The number of hydrogen-bond donors (Lipinski definition) is 0. The molecule has 0 spiro atoms. The van der Waals surface area contributed by atoms with Gasteiger partial charge >= 0.3 is 0 Å². The maximum Gasteiger partial charge on any atom is 0.263 e. The van der Waals surface area contributed by atoms with E-state index in [9.17, 15) is 4.79 Å². The van der Waals surface area contributed by atoms with Crippen LogP contribution in [0.3, 0.4) is 0 Å². The predicted octanol–water partition coefficient (Wildman–Crippen LogP) is 3.25. The highest BCUT2D eigenvalue weighted by atomic mass is 32.1. The van der Waals surface area contributed by atoms with Crippen molar-refractivity contribution in [3.05, 3.63) is 21.4 Å². The summed E-state index contributed by atoms with van der Waals surface area (Å²) in [5.74, 6) is 0.271. The Balaban J connectivity index is 1.81. The summed E-state index contributed by atoms with van der Waals surface area (Å²) in [6, 6.07) is 2.17. The molecule has 3 rings (SSSR count). The Morgan fingerprint density at radius 2 is 1.82 bits per heavy atom. The van der Waals surface area contributed by atoms with E-state index in [-0.39, 0.29) is 5.91 Å². The van der Waals surface area contributed by atoms with Crippen LogP contribution in [0, 0.1) is 0 Å². The quantitative estimate of drug-likeness (QED) is 0.748. The van der Waals surface area contributed by atoms with E-state index in [0.29, 0.717) is 0 Å². The molecule has 2 nitrogen and oxygen atoms in total. The van der Waals surface area contributed by atoms with Gasteiger partial charge in [0, 0.05) is 18.0 Å². The van der Waals surface area contributed by atoms with Crippen molar-refractivity contribution in [3.8, 4) is 0 Å². The summed E-state index contributed by atoms with van der Waals surface area (Å²) in [5.41, 5.74) is 1.46. The SMILES string of the molecule is O=C(c1cc2c(s1)CCCCCC2)N1CCC1. The summed E-state index contributed by atoms with van der Waals surface area (Å²) in [5, 5.41) is 0. The van der Waals surface area contributed by atoms with E-state index in [1.165, 1.54) is 55.4 Å². The minimum atomic E-state index is 0.271. The molecule has 1 amide bonds. The number of hydrogen-bond acceptors (Lipinski definition) is 2. The zero-order valence-electron chi connectivity index (χ0n) is 10.2. The van der Waals surface area contributed by atoms with Gasteiger partial charge < -0.3 is 4.90 Å². The van der Waals surface area contributed by atoms with Gasteiger partial charge in [0.05, 0.1) is 4.88 Å². The number of thiophene rings is 1. The van der Waals surface area contributed by atoms with Crippen molar-refractivity contribution < 1.29 is 4.79 Å². The van der Waals surface area contributed by atoms with Gasteiger partial charge in [0.2, 0.25) is 0 Å². The van der Waals surface area contributed by atoms with Gasteiger partial charge in [0.15, 0.2) is 0 Å². The summed E-state index contributed by atoms with van der Waals surface area (Å²) in [6.07, 6.45) is 8.84. The van der Waals surface area contributed by atoms with Crippen molar-refractivity contribution in [2.45, 2.75) is 44.9 Å². The van der Waals surface area contributed by atoms with Crippen LogP contribution in [0.5, 0.6) is 0 Å². The Hall–Kier alpha value is -0.830. The fourth-order valence-electron chi connectivity index (χ4n) is 2.62. The van der Waals surface area contributed by atoms with Gasteiger partial charge in [-0.1, -0.05) is 12.8 Å². The molecule has 1 aliphatic heterocycles. The molecule has 1 saturated heterocycles. The molecule has 1 aromatic rings. The maximum absolute atomic E-state index is 12.2. The lowest BCUT2D eigenvalue weighted by Gasteiger charge is -2.30. The first kappa shape index (κ1) is 11.3. The minimum absolute atomic E-state index is 0.271. The van der Waals surface area contributed by atoms with E-state index >= 15 is 0 Å². The number of nitrogens with zero attached hydrogens (tertiary/aromatic N) is 1. The fraction of sp³-hybridized carbons (Fsp3) is 0.643. The Labute approximate surface area is 107 Å². The lowest BCUT2D eigenvalue weighted by atomic mass is 9.99. The zero-order chi connectivity index (χ0) is 11.7. The molecule has 0 saturated carbocycles. The van der Waals surface area contributed by atoms with Gasteiger partial charge in [-0.25, -0.2) is 0 Å². The minimum Gasteiger partial charge on any atom is -0.338 e. The van der Waals surface area contributed by atoms with Crippen LogP contribution in [0.15, 0.2) is 6.07 Å². The van der Waals surface area contributed by atoms with E-state index in [4.69, 9.17) is 0 Å². The molecule has 0 aromatic carbocycles. The number of fused-ring (bicyclic) bond motifs is 1. The highest BCUT2D eigenvalue weighted by Crippen LogP contribution is 2.29. The van der Waals surface area contributed by atoms with Crippen LogP contribution in [-0.2, 0) is 12.8 Å². The number of likely N-dealkylation sites (tertiary alicyclic amines) is 1. The van der Waals surface area contributed by atoms with Crippen LogP contribution in [0.25, 0.3) is 0 Å². The Bertz CT molecular complexity index is 394. The summed E-state index contributed by atoms with van der Waals surface area (Å²) in [7, 11) is 0. The molecular weight excluding hydrogens is 230 g/mol. The molecule has 0 N–H and O–H groups in total. The Morgan fingerprint density at radius 3 is 2.53 bits per heavy atom. The summed E-state index contributed by atoms with van der Waals surface area (Å²) in [6.45, 7) is 1.92. The van der Waals surface area contributed by atoms with Crippen molar-refractivity contribution in [3.63, 3.8) is 0 Å². The molecule has 2 aliphatic rings. The second-order valence-electron chi connectivity index (χ2n) is 5.12. The summed E-state index contributed by atoms with van der Waals surface area (Å²) < 4.78 is 0. The molecule has 3 heteroatoms. The lowest BCUT2D eigenvalue weighted by molar-refractivity contribution is 0.0657. The molecule has 2 heterocycles. The van der Waals surface area contributed by atoms with Crippen molar-refractivity contribution in [1.82, 2.24) is 4.90 Å². The predicted molar refractivity (Wildman–Crippen MR) is 70.7 cm³/mol. The first-order chi connectivity index (χ1) is 8.34. The van der Waals surface area contributed by atoms with E-state index in [1.54, 1.807) is 11.3 Å². The molecule has 1 aliphatic carbocycles. The second kappa shape index (κ2) is 4.81. The van der Waals surface area contributed by atoms with Crippen molar-refractivity contribution in [2.75, 3.05) is 13.1 Å². The van der Waals surface area contributed by atoms with Gasteiger partial charge in [-0.3, -0.25) is 4.79 Å². The molecule has 92 valence electrons. The van der Waals surface area contributed by atoms with Crippen LogP contribution >= 0.6 is 11.3 Å². The van der Waals surface area contributed by atoms with Gasteiger partial charge in [0.1, 0.15) is 0 Å². The third-order valence-electron chi connectivity index (χ3n) is 3.85. The molecule has 1 aromatic heterocycles. The van der Waals surface area contributed by atoms with E-state index < -0.39 is 0 Å². The Kier molecular flexibility index (Phi) is 3.19. The Morgan fingerprint density at radius 1 is 1.06 bits per heavy atom. The molecule has 0 bridgehead atoms. The number of amides is 1. The molecule has 17 heavy (non-hydrogen) atoms. The van der Waals surface area contributed by atoms with Crippen LogP contribution in [-0.4, -0.2) is 23.9 Å². The number of carbonyl (C=O) groups is 1. The van der Waals surface area contributed by atoms with Crippen LogP contribution in [0.1, 0.15) is 52.2 Å². The van der Waals surface area contributed by atoms with E-state index in [2.05, 4.69) is 6.07 Å². The monoisotopic (exact) mass is 249 g/mol. The molecule has 1 fully saturated rings. The maximum atomic E-state index is 12.2. The number of rotatable bonds is 1. The molecule has 0 unspecified atom stereocenters. The summed E-state index contributed by atoms with van der Waals surface area (Å²) in [4.78, 5) is 16.6. The number of aryl methyl sites for hydroxylation is 2. The standard InChI is InChI=1S/C14H19NOS/c16-14(15-8-5-9-15)13-10-11-6-3-1-2-4-7-12(11)17-13/h10H,1-9H2. The largest absolute Gasteiger partial charge is 0.338 e. The van der Waals surface area contributed by atoms with Gasteiger partial charge in [0.25, 0.3) is 5.91 Å². The fourth-order valence-corrected chi connectivity index (χ4v) is 3.85. The average Bonchev–Trinajstić information content (AvgIpc) is 2.58. The van der Waals surface area contributed by atoms with Gasteiger partial charge in [-0.2, -0.15) is 0 Å². The molecule has 0 atom stereocenters. The van der Waals surface area contributed by atoms with Gasteiger partial charge in [-0.05, 0) is 43.7 Å². The lowest BCUT2D eigenvalue weighted by Crippen LogP contribution is -2.41. The first-order valence-corrected chi connectivity index (χ1v) is 7.57. The van der Waals surface area contributed by atoms with Crippen LogP contribution < -0.4 is 0 Å². The average molecular weight is 249 g/mol. The van der Waals surface area contributed by atoms with E-state index in [1.807, 2.05) is 4.90 Å². The smallest absolute Gasteiger partial charge is 0.263 e. The van der Waals surface area contributed by atoms with E-state index in [0.717, 1.165) is 18.0 Å². The van der Waals surface area contributed by atoms with Crippen molar-refractivity contribution in [2.24, 2.45) is 0 Å². The third-order valence-corrected chi connectivity index (χ3v) is 5.08. The summed E-state index contributed by atoms with van der Waals surface area (Å²) >= 11 is 1.75. The topological polar surface area (TPSA) is 20.3 Å². The van der Waals surface area contributed by atoms with Crippen molar-refractivity contribution in [1.29, 1.82) is 0 Å². The normalized spacial score (nSPS) is 20.1. The highest BCUT2D eigenvalue weighted by molar-refractivity contribution is 7.14. The van der Waals surface area contributed by atoms with Crippen LogP contribution in [0.2, 0.25) is 0 Å². The first-order valence-electron chi connectivity index (χ1n) is 6.75. The molecular formula is C14H19NOS. The van der Waals surface area contributed by atoms with Crippen molar-refractivity contribution >= 4 is 17.2 Å². The van der Waals surface area contributed by atoms with Crippen LogP contribution in [0.4, 0.5) is 0 Å².